The van der Waals surface area contributed by atoms with Crippen LogP contribution in [0.15, 0.2) is 36.4 Å². The maximum atomic E-state index is 13.4. The highest BCUT2D eigenvalue weighted by atomic mass is 16.5. The summed E-state index contributed by atoms with van der Waals surface area (Å²) >= 11 is 0. The molecule has 1 heterocycles. The first kappa shape index (κ1) is 19.3. The lowest BCUT2D eigenvalue weighted by molar-refractivity contribution is -0.133. The Morgan fingerprint density at radius 2 is 1.82 bits per heavy atom. The lowest BCUT2D eigenvalue weighted by Crippen LogP contribution is -2.39. The first-order chi connectivity index (χ1) is 13.7. The highest BCUT2D eigenvalue weighted by Gasteiger charge is 2.33. The fraction of sp³-hybridized carbons (Fsp3) is 0.560. The van der Waals surface area contributed by atoms with Gasteiger partial charge in [0.1, 0.15) is 5.75 Å². The zero-order chi connectivity index (χ0) is 19.5. The quantitative estimate of drug-likeness (QED) is 0.646. The summed E-state index contributed by atoms with van der Waals surface area (Å²) in [6.45, 7) is 3.00. The van der Waals surface area contributed by atoms with E-state index in [4.69, 9.17) is 4.74 Å². The summed E-state index contributed by atoms with van der Waals surface area (Å²) in [5.41, 5.74) is 1.11. The van der Waals surface area contributed by atoms with Gasteiger partial charge >= 0.3 is 0 Å². The Bertz CT molecular complexity index is 824. The molecule has 0 bridgehead atoms. The highest BCUT2D eigenvalue weighted by Crippen LogP contribution is 2.34. The number of carbonyl (C=O) groups is 1. The Balaban J connectivity index is 1.49. The molecule has 3 nitrogen and oxygen atoms in total. The molecule has 4 rings (SSSR count). The number of likely N-dealkylation sites (tertiary alicyclic amines) is 1. The van der Waals surface area contributed by atoms with Gasteiger partial charge in [-0.15, -0.1) is 0 Å². The van der Waals surface area contributed by atoms with E-state index in [9.17, 15) is 4.79 Å². The lowest BCUT2D eigenvalue weighted by Gasteiger charge is -2.32. The van der Waals surface area contributed by atoms with E-state index in [1.54, 1.807) is 7.11 Å². The molecule has 1 saturated heterocycles. The van der Waals surface area contributed by atoms with Crippen LogP contribution in [0.3, 0.4) is 0 Å². The van der Waals surface area contributed by atoms with E-state index in [-0.39, 0.29) is 5.92 Å². The smallest absolute Gasteiger partial charge is 0.230 e. The average molecular weight is 380 g/mol. The number of ether oxygens (including phenoxy) is 1. The summed E-state index contributed by atoms with van der Waals surface area (Å²) in [5, 5.41) is 2.32. The van der Waals surface area contributed by atoms with Crippen LogP contribution in [0.2, 0.25) is 0 Å². The predicted octanol–water partition coefficient (Wildman–Crippen LogP) is 5.91. The van der Waals surface area contributed by atoms with Gasteiger partial charge in [0.15, 0.2) is 0 Å². The van der Waals surface area contributed by atoms with Crippen LogP contribution in [0, 0.1) is 5.92 Å². The van der Waals surface area contributed by atoms with Gasteiger partial charge in [-0.1, -0.05) is 56.4 Å². The molecule has 0 radical (unpaired) electrons. The van der Waals surface area contributed by atoms with Crippen LogP contribution >= 0.6 is 0 Å². The van der Waals surface area contributed by atoms with Gasteiger partial charge < -0.3 is 9.64 Å². The molecule has 150 valence electrons. The Labute approximate surface area is 169 Å². The van der Waals surface area contributed by atoms with E-state index >= 15 is 0 Å². The largest absolute Gasteiger partial charge is 0.497 e. The lowest BCUT2D eigenvalue weighted by atomic mass is 9.84. The number of hydrogen-bond acceptors (Lipinski definition) is 2. The molecule has 0 aromatic heterocycles. The normalized spacial score (nSPS) is 21.8. The van der Waals surface area contributed by atoms with Gasteiger partial charge in [0.05, 0.1) is 13.0 Å². The fourth-order valence-corrected chi connectivity index (χ4v) is 5.21. The monoisotopic (exact) mass is 379 g/mol. The van der Waals surface area contributed by atoms with Crippen LogP contribution in [0.5, 0.6) is 5.75 Å². The molecule has 1 aliphatic heterocycles. The second kappa shape index (κ2) is 8.55. The van der Waals surface area contributed by atoms with Gasteiger partial charge in [-0.25, -0.2) is 0 Å². The van der Waals surface area contributed by atoms with Gasteiger partial charge in [0, 0.05) is 12.6 Å². The number of amides is 1. The first-order valence-electron chi connectivity index (χ1n) is 11.0. The molecule has 2 aromatic rings. The molecule has 2 aromatic carbocycles. The minimum Gasteiger partial charge on any atom is -0.497 e. The molecule has 2 atom stereocenters. The van der Waals surface area contributed by atoms with Gasteiger partial charge in [-0.2, -0.15) is 0 Å². The Hall–Kier alpha value is -2.03. The number of fused-ring (bicyclic) bond motifs is 1. The van der Waals surface area contributed by atoms with Crippen molar-refractivity contribution in [2.24, 2.45) is 5.92 Å². The second-order valence-electron chi connectivity index (χ2n) is 8.76. The molecule has 2 unspecified atom stereocenters. The van der Waals surface area contributed by atoms with Crippen LogP contribution in [0.25, 0.3) is 10.8 Å². The van der Waals surface area contributed by atoms with Crippen molar-refractivity contribution in [2.45, 2.75) is 70.3 Å². The topological polar surface area (TPSA) is 29.5 Å². The number of hydrogen-bond donors (Lipinski definition) is 0. The first-order valence-corrected chi connectivity index (χ1v) is 11.0. The molecule has 1 saturated carbocycles. The molecule has 0 spiro atoms. The van der Waals surface area contributed by atoms with Crippen LogP contribution in [-0.4, -0.2) is 30.5 Å². The number of rotatable bonds is 5. The van der Waals surface area contributed by atoms with Crippen molar-refractivity contribution >= 4 is 16.7 Å². The zero-order valence-corrected chi connectivity index (χ0v) is 17.3. The van der Waals surface area contributed by atoms with Gasteiger partial charge in [0.2, 0.25) is 5.91 Å². The number of methoxy groups -OCH3 is 1. The highest BCUT2D eigenvalue weighted by molar-refractivity contribution is 5.88. The van der Waals surface area contributed by atoms with Crippen molar-refractivity contribution in [3.05, 3.63) is 42.0 Å². The minimum atomic E-state index is -0.0949. The fourth-order valence-electron chi connectivity index (χ4n) is 5.21. The van der Waals surface area contributed by atoms with Crippen molar-refractivity contribution in [3.8, 4) is 5.75 Å². The van der Waals surface area contributed by atoms with E-state index in [1.165, 1.54) is 50.3 Å². The maximum Gasteiger partial charge on any atom is 0.230 e. The van der Waals surface area contributed by atoms with Gasteiger partial charge in [-0.3, -0.25) is 4.79 Å². The van der Waals surface area contributed by atoms with Crippen LogP contribution in [0.4, 0.5) is 0 Å². The third-order valence-electron chi connectivity index (χ3n) is 6.93. The molecular weight excluding hydrogens is 346 g/mol. The Morgan fingerprint density at radius 3 is 2.61 bits per heavy atom. The molecule has 2 fully saturated rings. The predicted molar refractivity (Wildman–Crippen MR) is 115 cm³/mol. The number of carbonyl (C=O) groups excluding carboxylic acids is 1. The molecule has 1 aliphatic carbocycles. The van der Waals surface area contributed by atoms with Crippen molar-refractivity contribution in [3.63, 3.8) is 0 Å². The van der Waals surface area contributed by atoms with E-state index in [1.807, 2.05) is 6.07 Å². The molecular formula is C25H33NO2. The Morgan fingerprint density at radius 1 is 1.04 bits per heavy atom. The molecule has 1 amide bonds. The van der Waals surface area contributed by atoms with E-state index in [2.05, 4.69) is 42.2 Å². The van der Waals surface area contributed by atoms with Crippen molar-refractivity contribution in [1.29, 1.82) is 0 Å². The third-order valence-corrected chi connectivity index (χ3v) is 6.93. The summed E-state index contributed by atoms with van der Waals surface area (Å²) in [6, 6.07) is 13.0. The van der Waals surface area contributed by atoms with Gasteiger partial charge in [0.25, 0.3) is 0 Å². The second-order valence-corrected chi connectivity index (χ2v) is 8.76. The van der Waals surface area contributed by atoms with Crippen LogP contribution < -0.4 is 4.74 Å². The van der Waals surface area contributed by atoms with E-state index in [0.29, 0.717) is 11.9 Å². The zero-order valence-electron chi connectivity index (χ0n) is 17.3. The molecule has 3 heteroatoms. The van der Waals surface area contributed by atoms with E-state index in [0.717, 1.165) is 35.6 Å². The average Bonchev–Trinajstić information content (AvgIpc) is 3.20. The Kier molecular flexibility index (Phi) is 5.89. The van der Waals surface area contributed by atoms with Crippen LogP contribution in [0.1, 0.15) is 69.8 Å². The van der Waals surface area contributed by atoms with Crippen molar-refractivity contribution in [1.82, 2.24) is 4.90 Å². The molecule has 28 heavy (non-hydrogen) atoms. The van der Waals surface area contributed by atoms with E-state index < -0.39 is 0 Å². The third kappa shape index (κ3) is 4.04. The summed E-state index contributed by atoms with van der Waals surface area (Å²) < 4.78 is 5.36. The summed E-state index contributed by atoms with van der Waals surface area (Å²) in [6.07, 6.45) is 10.4. The number of benzene rings is 2. The standard InChI is InChI=1S/C25H33NO2/c1-18(21-11-10-20-12-13-24(28-2)17-22(20)16-21)25(27)26-14-6-9-23(26)15-19-7-4-3-5-8-19/h10-13,16-19,23H,3-9,14-15H2,1-2H3. The summed E-state index contributed by atoms with van der Waals surface area (Å²) in [4.78, 5) is 15.6. The maximum absolute atomic E-state index is 13.4. The molecule has 0 N–H and O–H groups in total. The van der Waals surface area contributed by atoms with Gasteiger partial charge in [-0.05, 0) is 60.6 Å². The minimum absolute atomic E-state index is 0.0949. The van der Waals surface area contributed by atoms with Crippen molar-refractivity contribution in [2.75, 3.05) is 13.7 Å². The molecule has 2 aliphatic rings. The number of nitrogens with zero attached hydrogens (tertiary/aromatic N) is 1. The van der Waals surface area contributed by atoms with Crippen LogP contribution in [-0.2, 0) is 4.79 Å². The summed E-state index contributed by atoms with van der Waals surface area (Å²) in [7, 11) is 1.69. The summed E-state index contributed by atoms with van der Waals surface area (Å²) in [5.74, 6) is 1.90. The van der Waals surface area contributed by atoms with Crippen molar-refractivity contribution < 1.29 is 9.53 Å². The SMILES string of the molecule is COc1ccc2ccc(C(C)C(=O)N3CCCC3CC3CCCCC3)cc2c1.